The first-order chi connectivity index (χ1) is 21.8. The Kier molecular flexibility index (Phi) is 24.7. The summed E-state index contributed by atoms with van der Waals surface area (Å²) in [5, 5.41) is 49.7. The molecule has 0 amide bonds. The maximum absolute atomic E-state index is 12.9. The van der Waals surface area contributed by atoms with Crippen molar-refractivity contribution in [2.75, 3.05) is 19.8 Å². The number of carbonyl (C=O) groups is 2. The molecule has 0 aromatic carbocycles. The lowest BCUT2D eigenvalue weighted by molar-refractivity contribution is -0.311. The van der Waals surface area contributed by atoms with Crippen LogP contribution in [-0.4, -0.2) is 100 Å². The molecule has 266 valence electrons. The van der Waals surface area contributed by atoms with Gasteiger partial charge in [0.25, 0.3) is 0 Å². The topological polar surface area (TPSA) is 172 Å². The van der Waals surface area contributed by atoms with E-state index >= 15 is 0 Å². The molecule has 0 spiro atoms. The van der Waals surface area contributed by atoms with Crippen LogP contribution in [0.15, 0.2) is 0 Å². The van der Waals surface area contributed by atoms with E-state index in [4.69, 9.17) is 24.1 Å². The average molecular weight is 649 g/mol. The van der Waals surface area contributed by atoms with E-state index in [1.807, 2.05) is 0 Å². The number of aliphatic hydroxyl groups excluding tert-OH is 5. The average Bonchev–Trinajstić information content (AvgIpc) is 3.03. The molecule has 0 aromatic heterocycles. The van der Waals surface area contributed by atoms with Crippen LogP contribution in [-0.2, 0) is 28.5 Å². The molecule has 1 aliphatic rings. The maximum atomic E-state index is 12.9. The van der Waals surface area contributed by atoms with Gasteiger partial charge in [0.05, 0.1) is 19.8 Å². The first kappa shape index (κ1) is 41.7. The van der Waals surface area contributed by atoms with Crippen molar-refractivity contribution in [1.29, 1.82) is 0 Å². The minimum atomic E-state index is -1.50. The van der Waals surface area contributed by atoms with Crippen LogP contribution in [0.3, 0.4) is 0 Å². The molecule has 1 heterocycles. The Morgan fingerprint density at radius 2 is 1.07 bits per heavy atom. The van der Waals surface area contributed by atoms with Crippen LogP contribution < -0.4 is 0 Å². The summed E-state index contributed by atoms with van der Waals surface area (Å²) in [7, 11) is 0. The zero-order chi connectivity index (χ0) is 33.3. The van der Waals surface area contributed by atoms with Crippen LogP contribution in [0, 0.1) is 0 Å². The van der Waals surface area contributed by atoms with E-state index in [1.54, 1.807) is 0 Å². The van der Waals surface area contributed by atoms with Crippen molar-refractivity contribution >= 4 is 11.9 Å². The Labute approximate surface area is 271 Å². The van der Waals surface area contributed by atoms with Crippen molar-refractivity contribution in [2.24, 2.45) is 0 Å². The normalized spacial score (nSPS) is 23.0. The van der Waals surface area contributed by atoms with Crippen molar-refractivity contribution in [3.05, 3.63) is 0 Å². The van der Waals surface area contributed by atoms with E-state index in [1.165, 1.54) is 64.2 Å². The Morgan fingerprint density at radius 1 is 0.644 bits per heavy atom. The Morgan fingerprint density at radius 3 is 1.49 bits per heavy atom. The van der Waals surface area contributed by atoms with E-state index < -0.39 is 74.7 Å². The molecule has 1 rings (SSSR count). The van der Waals surface area contributed by atoms with Crippen LogP contribution in [0.25, 0.3) is 0 Å². The van der Waals surface area contributed by atoms with Gasteiger partial charge >= 0.3 is 11.9 Å². The van der Waals surface area contributed by atoms with E-state index in [0.717, 1.165) is 38.5 Å². The highest BCUT2D eigenvalue weighted by molar-refractivity contribution is 5.70. The van der Waals surface area contributed by atoms with Crippen LogP contribution in [0.5, 0.6) is 0 Å². The number of esters is 2. The van der Waals surface area contributed by atoms with Crippen LogP contribution in [0.2, 0.25) is 0 Å². The van der Waals surface area contributed by atoms with E-state index in [9.17, 15) is 30.0 Å². The molecular formula is C34H64O11. The highest BCUT2D eigenvalue weighted by atomic mass is 16.7. The molecule has 0 saturated carbocycles. The lowest BCUT2D eigenvalue weighted by Crippen LogP contribution is -2.62. The summed E-state index contributed by atoms with van der Waals surface area (Å²) in [5.74, 6) is -1.15. The van der Waals surface area contributed by atoms with Gasteiger partial charge in [0.2, 0.25) is 0 Å². The van der Waals surface area contributed by atoms with Crippen LogP contribution >= 0.6 is 0 Å². The highest BCUT2D eigenvalue weighted by Crippen LogP contribution is 2.28. The number of hydrogen-bond donors (Lipinski definition) is 5. The summed E-state index contributed by atoms with van der Waals surface area (Å²) in [6.07, 6.45) is 9.84. The predicted molar refractivity (Wildman–Crippen MR) is 170 cm³/mol. The second-order valence-corrected chi connectivity index (χ2v) is 12.4. The molecule has 45 heavy (non-hydrogen) atoms. The third-order valence-corrected chi connectivity index (χ3v) is 8.36. The second kappa shape index (κ2) is 26.7. The zero-order valence-electron chi connectivity index (χ0n) is 28.0. The molecule has 0 bridgehead atoms. The van der Waals surface area contributed by atoms with Gasteiger partial charge in [0.1, 0.15) is 24.4 Å². The standard InChI is InChI=1S/C34H64O11/c1-3-5-7-9-11-13-15-17-19-21-29(39)44-32-31(41)28(24-36)43-34(42-25-27(38)26(37)23-35)33(32)45-30(40)22-20-18-16-14-12-10-8-6-4-2/h26-28,31-38,41H,3-25H2,1-2H3/t26-,27+,28+,31+,32-,33-,34+/m0/s1. The number of rotatable bonds is 28. The SMILES string of the molecule is CCCCCCCCCCCC(=O)O[C@@H]1[C@H](OC[C@@H](O)[C@@H](O)CO)O[C@H](CO)[C@@H](O)[C@@H]1OC(=O)CCCCCCCCCCC. The smallest absolute Gasteiger partial charge is 0.306 e. The van der Waals surface area contributed by atoms with Gasteiger partial charge in [0, 0.05) is 12.8 Å². The molecule has 0 radical (unpaired) electrons. The Balaban J connectivity index is 2.75. The predicted octanol–water partition coefficient (Wildman–Crippen LogP) is 4.46. The molecule has 11 nitrogen and oxygen atoms in total. The van der Waals surface area contributed by atoms with Gasteiger partial charge in [-0.05, 0) is 12.8 Å². The van der Waals surface area contributed by atoms with Crippen LogP contribution in [0.1, 0.15) is 142 Å². The third-order valence-electron chi connectivity index (χ3n) is 8.36. The van der Waals surface area contributed by atoms with Crippen molar-refractivity contribution < 1.29 is 54.1 Å². The zero-order valence-corrected chi connectivity index (χ0v) is 28.0. The van der Waals surface area contributed by atoms with Gasteiger partial charge in [-0.2, -0.15) is 0 Å². The van der Waals surface area contributed by atoms with Gasteiger partial charge < -0.3 is 44.5 Å². The number of aliphatic hydroxyl groups is 5. The van der Waals surface area contributed by atoms with Gasteiger partial charge in [0.15, 0.2) is 18.5 Å². The maximum Gasteiger partial charge on any atom is 0.306 e. The minimum Gasteiger partial charge on any atom is -0.455 e. The Hall–Kier alpha value is -1.34. The van der Waals surface area contributed by atoms with Gasteiger partial charge in [-0.15, -0.1) is 0 Å². The number of ether oxygens (including phenoxy) is 4. The molecule has 1 aliphatic heterocycles. The summed E-state index contributed by atoms with van der Waals surface area (Å²) in [6, 6.07) is 0. The molecule has 11 heteroatoms. The van der Waals surface area contributed by atoms with Crippen molar-refractivity contribution in [3.63, 3.8) is 0 Å². The molecule has 1 saturated heterocycles. The fourth-order valence-corrected chi connectivity index (χ4v) is 5.44. The van der Waals surface area contributed by atoms with E-state index in [2.05, 4.69) is 13.8 Å². The quantitative estimate of drug-likeness (QED) is 0.0599. The number of carbonyl (C=O) groups excluding carboxylic acids is 2. The lowest BCUT2D eigenvalue weighted by atomic mass is 9.98. The van der Waals surface area contributed by atoms with Crippen molar-refractivity contribution in [2.45, 2.75) is 185 Å². The number of hydrogen-bond acceptors (Lipinski definition) is 11. The second-order valence-electron chi connectivity index (χ2n) is 12.4. The van der Waals surface area contributed by atoms with E-state index in [0.29, 0.717) is 12.8 Å². The first-order valence-corrected chi connectivity index (χ1v) is 17.7. The summed E-state index contributed by atoms with van der Waals surface area (Å²) in [4.78, 5) is 25.7. The monoisotopic (exact) mass is 648 g/mol. The lowest BCUT2D eigenvalue weighted by Gasteiger charge is -2.43. The third kappa shape index (κ3) is 18.6. The highest BCUT2D eigenvalue weighted by Gasteiger charge is 2.50. The summed E-state index contributed by atoms with van der Waals surface area (Å²) >= 11 is 0. The molecule has 0 aromatic rings. The Bertz CT molecular complexity index is 737. The molecule has 5 N–H and O–H groups in total. The van der Waals surface area contributed by atoms with Gasteiger partial charge in [-0.3, -0.25) is 9.59 Å². The summed E-state index contributed by atoms with van der Waals surface area (Å²) in [6.45, 7) is 2.54. The summed E-state index contributed by atoms with van der Waals surface area (Å²) in [5.41, 5.74) is 0. The van der Waals surface area contributed by atoms with Gasteiger partial charge in [-0.1, -0.05) is 117 Å². The van der Waals surface area contributed by atoms with Crippen molar-refractivity contribution in [3.8, 4) is 0 Å². The molecular weight excluding hydrogens is 584 g/mol. The fraction of sp³-hybridized carbons (Fsp3) is 0.941. The molecule has 0 unspecified atom stereocenters. The van der Waals surface area contributed by atoms with Gasteiger partial charge in [-0.25, -0.2) is 0 Å². The first-order valence-electron chi connectivity index (χ1n) is 17.7. The molecule has 1 fully saturated rings. The van der Waals surface area contributed by atoms with Crippen molar-refractivity contribution in [1.82, 2.24) is 0 Å². The number of unbranched alkanes of at least 4 members (excludes halogenated alkanes) is 16. The minimum absolute atomic E-state index is 0.115. The van der Waals surface area contributed by atoms with Crippen LogP contribution in [0.4, 0.5) is 0 Å². The summed E-state index contributed by atoms with van der Waals surface area (Å²) < 4.78 is 22.6. The largest absolute Gasteiger partial charge is 0.455 e. The fourth-order valence-electron chi connectivity index (χ4n) is 5.44. The molecule has 0 aliphatic carbocycles. The van der Waals surface area contributed by atoms with E-state index in [-0.39, 0.29) is 12.8 Å². The molecule has 7 atom stereocenters.